The molecule has 7 heteroatoms. The van der Waals surface area contributed by atoms with Crippen molar-refractivity contribution in [1.82, 2.24) is 9.88 Å². The van der Waals surface area contributed by atoms with Crippen LogP contribution in [0.2, 0.25) is 0 Å². The average molecular weight is 342 g/mol. The number of carbonyl (C=O) groups excluding carboxylic acids is 1. The van der Waals surface area contributed by atoms with Gasteiger partial charge in [-0.3, -0.25) is 0 Å². The second-order valence-electron chi connectivity index (χ2n) is 5.96. The van der Waals surface area contributed by atoms with Gasteiger partial charge in [0, 0.05) is 26.7 Å². The van der Waals surface area contributed by atoms with Gasteiger partial charge < -0.3 is 25.0 Å². The Bertz CT molecular complexity index is 697. The van der Waals surface area contributed by atoms with Gasteiger partial charge in [-0.25, -0.2) is 9.78 Å². The van der Waals surface area contributed by atoms with Gasteiger partial charge in [-0.15, -0.1) is 0 Å². The van der Waals surface area contributed by atoms with Crippen molar-refractivity contribution in [3.05, 3.63) is 48.2 Å². The van der Waals surface area contributed by atoms with Crippen molar-refractivity contribution in [3.8, 4) is 5.75 Å². The number of phenols is 1. The molecule has 1 aliphatic heterocycles. The van der Waals surface area contributed by atoms with E-state index in [1.807, 2.05) is 12.1 Å². The molecule has 0 unspecified atom stereocenters. The first-order chi connectivity index (χ1) is 12.1. The summed E-state index contributed by atoms with van der Waals surface area (Å²) in [7, 11) is 1.72. The lowest BCUT2D eigenvalue weighted by molar-refractivity contribution is 0.122. The van der Waals surface area contributed by atoms with Crippen molar-refractivity contribution in [3.63, 3.8) is 0 Å². The summed E-state index contributed by atoms with van der Waals surface area (Å²) in [5.41, 5.74) is 1.59. The van der Waals surface area contributed by atoms with Gasteiger partial charge in [-0.1, -0.05) is 12.1 Å². The number of morpholine rings is 1. The topological polar surface area (TPSA) is 77.9 Å². The summed E-state index contributed by atoms with van der Waals surface area (Å²) in [5, 5.41) is 12.1. The zero-order valence-electron chi connectivity index (χ0n) is 14.2. The molecule has 1 aromatic heterocycles. The third kappa shape index (κ3) is 4.60. The molecule has 0 spiro atoms. The molecule has 0 saturated carbocycles. The quantitative estimate of drug-likeness (QED) is 0.891. The molecule has 2 aromatic rings. The van der Waals surface area contributed by atoms with Crippen molar-refractivity contribution in [2.45, 2.75) is 6.54 Å². The monoisotopic (exact) mass is 342 g/mol. The Morgan fingerprint density at radius 1 is 1.24 bits per heavy atom. The van der Waals surface area contributed by atoms with Crippen LogP contribution in [0, 0.1) is 0 Å². The molecule has 2 amide bonds. The highest BCUT2D eigenvalue weighted by molar-refractivity contribution is 5.89. The molecule has 2 N–H and O–H groups in total. The first-order valence-corrected chi connectivity index (χ1v) is 8.20. The number of rotatable bonds is 4. The summed E-state index contributed by atoms with van der Waals surface area (Å²) < 4.78 is 5.33. The number of aromatic hydroxyl groups is 1. The van der Waals surface area contributed by atoms with Crippen LogP contribution in [-0.2, 0) is 11.3 Å². The van der Waals surface area contributed by atoms with Crippen LogP contribution in [-0.4, -0.2) is 54.4 Å². The molecule has 0 radical (unpaired) electrons. The highest BCUT2D eigenvalue weighted by Gasteiger charge is 2.13. The molecular formula is C18H22N4O3. The molecule has 1 saturated heterocycles. The number of nitrogens with one attached hydrogen (secondary N) is 1. The standard InChI is InChI=1S/C18H22N4O3/c1-21(13-14-2-5-16(23)6-3-14)18(24)20-15-4-7-17(19-12-15)22-8-10-25-11-9-22/h2-7,12,23H,8-11,13H2,1H3,(H,20,24). The number of ether oxygens (including phenoxy) is 1. The normalized spacial score (nSPS) is 14.2. The zero-order valence-corrected chi connectivity index (χ0v) is 14.2. The third-order valence-electron chi connectivity index (χ3n) is 4.04. The molecule has 0 bridgehead atoms. The number of hydrogen-bond acceptors (Lipinski definition) is 5. The van der Waals surface area contributed by atoms with Gasteiger partial charge >= 0.3 is 6.03 Å². The molecule has 7 nitrogen and oxygen atoms in total. The van der Waals surface area contributed by atoms with Crippen LogP contribution in [0.5, 0.6) is 5.75 Å². The van der Waals surface area contributed by atoms with E-state index >= 15 is 0 Å². The van der Waals surface area contributed by atoms with Crippen LogP contribution in [0.4, 0.5) is 16.3 Å². The highest BCUT2D eigenvalue weighted by Crippen LogP contribution is 2.16. The predicted molar refractivity (Wildman–Crippen MR) is 95.9 cm³/mol. The fourth-order valence-electron chi connectivity index (χ4n) is 2.61. The van der Waals surface area contributed by atoms with Crippen molar-refractivity contribution >= 4 is 17.5 Å². The second kappa shape index (κ2) is 7.85. The van der Waals surface area contributed by atoms with Crippen LogP contribution in [0.15, 0.2) is 42.6 Å². The molecular weight excluding hydrogens is 320 g/mol. The van der Waals surface area contributed by atoms with Crippen molar-refractivity contribution in [2.24, 2.45) is 0 Å². The number of urea groups is 1. The number of carbonyl (C=O) groups is 1. The number of hydrogen-bond donors (Lipinski definition) is 2. The molecule has 25 heavy (non-hydrogen) atoms. The fourth-order valence-corrected chi connectivity index (χ4v) is 2.61. The van der Waals surface area contributed by atoms with Gasteiger partial charge in [0.25, 0.3) is 0 Å². The van der Waals surface area contributed by atoms with Gasteiger partial charge in [0.1, 0.15) is 11.6 Å². The number of phenolic OH excluding ortho intramolecular Hbond substituents is 1. The van der Waals surface area contributed by atoms with E-state index in [4.69, 9.17) is 4.74 Å². The van der Waals surface area contributed by atoms with Crippen LogP contribution < -0.4 is 10.2 Å². The van der Waals surface area contributed by atoms with E-state index in [2.05, 4.69) is 15.2 Å². The van der Waals surface area contributed by atoms with Crippen LogP contribution in [0.1, 0.15) is 5.56 Å². The summed E-state index contributed by atoms with van der Waals surface area (Å²) >= 11 is 0. The zero-order chi connectivity index (χ0) is 17.6. The van der Waals surface area contributed by atoms with Gasteiger partial charge in [-0.2, -0.15) is 0 Å². The van der Waals surface area contributed by atoms with E-state index in [0.717, 1.165) is 24.5 Å². The minimum absolute atomic E-state index is 0.210. The van der Waals surface area contributed by atoms with Crippen LogP contribution in [0.3, 0.4) is 0 Å². The van der Waals surface area contributed by atoms with Gasteiger partial charge in [0.2, 0.25) is 0 Å². The molecule has 1 aromatic carbocycles. The first kappa shape index (κ1) is 17.0. The predicted octanol–water partition coefficient (Wildman–Crippen LogP) is 2.29. The molecule has 1 fully saturated rings. The van der Waals surface area contributed by atoms with E-state index < -0.39 is 0 Å². The Morgan fingerprint density at radius 2 is 1.96 bits per heavy atom. The lowest BCUT2D eigenvalue weighted by atomic mass is 10.2. The second-order valence-corrected chi connectivity index (χ2v) is 5.96. The number of anilines is 2. The third-order valence-corrected chi connectivity index (χ3v) is 4.04. The number of benzene rings is 1. The smallest absolute Gasteiger partial charge is 0.321 e. The van der Waals surface area contributed by atoms with Gasteiger partial charge in [0.15, 0.2) is 0 Å². The van der Waals surface area contributed by atoms with Crippen molar-refractivity contribution < 1.29 is 14.6 Å². The Balaban J connectivity index is 1.55. The largest absolute Gasteiger partial charge is 0.508 e. The van der Waals surface area contributed by atoms with Gasteiger partial charge in [0.05, 0.1) is 25.1 Å². The Kier molecular flexibility index (Phi) is 5.35. The summed E-state index contributed by atoms with van der Waals surface area (Å²) in [4.78, 5) is 20.4. The maximum absolute atomic E-state index is 12.3. The fraction of sp³-hybridized carbons (Fsp3) is 0.333. The Morgan fingerprint density at radius 3 is 2.60 bits per heavy atom. The maximum Gasteiger partial charge on any atom is 0.321 e. The van der Waals surface area contributed by atoms with Crippen LogP contribution >= 0.6 is 0 Å². The Hall–Kier alpha value is -2.80. The average Bonchev–Trinajstić information content (AvgIpc) is 2.65. The SMILES string of the molecule is CN(Cc1ccc(O)cc1)C(=O)Nc1ccc(N2CCOCC2)nc1. The molecule has 2 heterocycles. The minimum atomic E-state index is -0.214. The number of amides is 2. The summed E-state index contributed by atoms with van der Waals surface area (Å²) in [6.45, 7) is 3.53. The van der Waals surface area contributed by atoms with E-state index in [0.29, 0.717) is 25.4 Å². The molecule has 0 atom stereocenters. The number of aromatic nitrogens is 1. The van der Waals surface area contributed by atoms with E-state index in [-0.39, 0.29) is 11.8 Å². The minimum Gasteiger partial charge on any atom is -0.508 e. The number of pyridine rings is 1. The number of nitrogens with zero attached hydrogens (tertiary/aromatic N) is 3. The maximum atomic E-state index is 12.3. The lowest BCUT2D eigenvalue weighted by Gasteiger charge is -2.27. The summed E-state index contributed by atoms with van der Waals surface area (Å²) in [6, 6.07) is 10.3. The molecule has 1 aliphatic rings. The molecule has 132 valence electrons. The summed E-state index contributed by atoms with van der Waals surface area (Å²) in [5.74, 6) is 1.10. The van der Waals surface area contributed by atoms with E-state index in [1.54, 1.807) is 42.4 Å². The van der Waals surface area contributed by atoms with Crippen LogP contribution in [0.25, 0.3) is 0 Å². The first-order valence-electron chi connectivity index (χ1n) is 8.20. The van der Waals surface area contributed by atoms with Gasteiger partial charge in [-0.05, 0) is 29.8 Å². The molecule has 0 aliphatic carbocycles. The van der Waals surface area contributed by atoms with E-state index in [9.17, 15) is 9.90 Å². The summed E-state index contributed by atoms with van der Waals surface area (Å²) in [6.07, 6.45) is 1.66. The lowest BCUT2D eigenvalue weighted by Crippen LogP contribution is -2.36. The Labute approximate surface area is 146 Å². The van der Waals surface area contributed by atoms with Crippen molar-refractivity contribution in [1.29, 1.82) is 0 Å². The molecule has 3 rings (SSSR count). The van der Waals surface area contributed by atoms with E-state index in [1.165, 1.54) is 0 Å². The highest BCUT2D eigenvalue weighted by atomic mass is 16.5. The van der Waals surface area contributed by atoms with Crippen molar-refractivity contribution in [2.75, 3.05) is 43.6 Å².